The number of esters is 1. The highest BCUT2D eigenvalue weighted by molar-refractivity contribution is 9.10. The maximum Gasteiger partial charge on any atom is 0.309 e. The van der Waals surface area contributed by atoms with Gasteiger partial charge in [-0.05, 0) is 36.6 Å². The Bertz CT molecular complexity index is 458. The lowest BCUT2D eigenvalue weighted by Crippen LogP contribution is -2.21. The number of carbonyl (C=O) groups excluding carboxylic acids is 2. The Morgan fingerprint density at radius 3 is 2.56 bits per heavy atom. The molecule has 0 saturated heterocycles. The molecule has 18 heavy (non-hydrogen) atoms. The third-order valence-electron chi connectivity index (χ3n) is 2.89. The molecule has 2 rings (SSSR count). The van der Waals surface area contributed by atoms with E-state index in [1.54, 1.807) is 12.1 Å². The lowest BCUT2D eigenvalue weighted by atomic mass is 10.3. The Morgan fingerprint density at radius 1 is 1.39 bits per heavy atom. The van der Waals surface area contributed by atoms with Gasteiger partial charge in [-0.25, -0.2) is 0 Å². The SMILES string of the molecule is CC1CC1C(=O)OCC(=O)Nc1ccc(Br)cc1. The van der Waals surface area contributed by atoms with Crippen LogP contribution < -0.4 is 5.32 Å². The second-order valence-electron chi connectivity index (χ2n) is 4.48. The lowest BCUT2D eigenvalue weighted by Gasteiger charge is -2.06. The molecule has 96 valence electrons. The predicted molar refractivity (Wildman–Crippen MR) is 71.0 cm³/mol. The van der Waals surface area contributed by atoms with Crippen molar-refractivity contribution in [1.29, 1.82) is 0 Å². The van der Waals surface area contributed by atoms with Gasteiger partial charge in [0.1, 0.15) is 0 Å². The van der Waals surface area contributed by atoms with Crippen molar-refractivity contribution in [2.24, 2.45) is 11.8 Å². The molecule has 0 aromatic heterocycles. The molecule has 0 spiro atoms. The number of halogens is 1. The number of carbonyl (C=O) groups is 2. The van der Waals surface area contributed by atoms with Crippen LogP contribution in [0.5, 0.6) is 0 Å². The summed E-state index contributed by atoms with van der Waals surface area (Å²) in [5.74, 6) is -0.204. The first kappa shape index (κ1) is 13.1. The molecule has 5 heteroatoms. The summed E-state index contributed by atoms with van der Waals surface area (Å²) in [4.78, 5) is 22.9. The largest absolute Gasteiger partial charge is 0.455 e. The molecule has 0 bridgehead atoms. The Morgan fingerprint density at radius 2 is 2.00 bits per heavy atom. The zero-order valence-electron chi connectivity index (χ0n) is 9.98. The molecule has 1 N–H and O–H groups in total. The Hall–Kier alpha value is -1.36. The van der Waals surface area contributed by atoms with Crippen LogP contribution in [0.4, 0.5) is 5.69 Å². The van der Waals surface area contributed by atoms with Gasteiger partial charge in [-0.3, -0.25) is 9.59 Å². The average Bonchev–Trinajstić information content (AvgIpc) is 3.06. The van der Waals surface area contributed by atoms with Gasteiger partial charge >= 0.3 is 5.97 Å². The summed E-state index contributed by atoms with van der Waals surface area (Å²) in [6.45, 7) is 1.77. The second kappa shape index (κ2) is 5.52. The Labute approximate surface area is 114 Å². The van der Waals surface area contributed by atoms with Gasteiger partial charge in [-0.15, -0.1) is 0 Å². The number of hydrogen-bond acceptors (Lipinski definition) is 3. The maximum absolute atomic E-state index is 11.5. The molecule has 1 amide bonds. The van der Waals surface area contributed by atoms with Gasteiger partial charge in [-0.1, -0.05) is 22.9 Å². The topological polar surface area (TPSA) is 55.4 Å². The van der Waals surface area contributed by atoms with Crippen LogP contribution in [0.15, 0.2) is 28.7 Å². The first-order valence-electron chi connectivity index (χ1n) is 5.78. The van der Waals surface area contributed by atoms with Crippen molar-refractivity contribution in [1.82, 2.24) is 0 Å². The van der Waals surface area contributed by atoms with Gasteiger partial charge in [-0.2, -0.15) is 0 Å². The van der Waals surface area contributed by atoms with Crippen molar-refractivity contribution in [2.75, 3.05) is 11.9 Å². The molecule has 0 radical (unpaired) electrons. The molecule has 4 nitrogen and oxygen atoms in total. The summed E-state index contributed by atoms with van der Waals surface area (Å²) >= 11 is 3.31. The summed E-state index contributed by atoms with van der Waals surface area (Å²) in [6, 6.07) is 7.19. The summed E-state index contributed by atoms with van der Waals surface area (Å²) in [5, 5.41) is 2.66. The van der Waals surface area contributed by atoms with Crippen LogP contribution >= 0.6 is 15.9 Å². The van der Waals surface area contributed by atoms with Crippen LogP contribution in [-0.2, 0) is 14.3 Å². The van der Waals surface area contributed by atoms with Crippen LogP contribution in [0.25, 0.3) is 0 Å². The van der Waals surface area contributed by atoms with Crippen molar-refractivity contribution in [3.8, 4) is 0 Å². The molecule has 1 fully saturated rings. The highest BCUT2D eigenvalue weighted by atomic mass is 79.9. The molecule has 1 aliphatic rings. The van der Waals surface area contributed by atoms with E-state index < -0.39 is 0 Å². The minimum Gasteiger partial charge on any atom is -0.455 e. The number of benzene rings is 1. The van der Waals surface area contributed by atoms with Crippen LogP contribution in [0.2, 0.25) is 0 Å². The number of rotatable bonds is 4. The minimum atomic E-state index is -0.320. The highest BCUT2D eigenvalue weighted by Gasteiger charge is 2.40. The van der Waals surface area contributed by atoms with E-state index in [0.29, 0.717) is 11.6 Å². The van der Waals surface area contributed by atoms with Gasteiger partial charge in [0, 0.05) is 10.2 Å². The first-order chi connectivity index (χ1) is 8.56. The van der Waals surface area contributed by atoms with Crippen molar-refractivity contribution < 1.29 is 14.3 Å². The summed E-state index contributed by atoms with van der Waals surface area (Å²) in [7, 11) is 0. The maximum atomic E-state index is 11.5. The number of ether oxygens (including phenoxy) is 1. The molecule has 1 aliphatic carbocycles. The van der Waals surface area contributed by atoms with Gasteiger partial charge in [0.2, 0.25) is 0 Å². The van der Waals surface area contributed by atoms with E-state index in [2.05, 4.69) is 21.2 Å². The predicted octanol–water partition coefficient (Wildman–Crippen LogP) is 2.59. The molecule has 0 heterocycles. The fourth-order valence-electron chi connectivity index (χ4n) is 1.62. The fraction of sp³-hybridized carbons (Fsp3) is 0.385. The monoisotopic (exact) mass is 311 g/mol. The number of hydrogen-bond donors (Lipinski definition) is 1. The van der Waals surface area contributed by atoms with E-state index in [1.165, 1.54) is 0 Å². The fourth-order valence-corrected chi connectivity index (χ4v) is 1.89. The van der Waals surface area contributed by atoms with Gasteiger partial charge in [0.25, 0.3) is 5.91 Å². The summed E-state index contributed by atoms with van der Waals surface area (Å²) in [6.07, 6.45) is 0.868. The molecular weight excluding hydrogens is 298 g/mol. The van der Waals surface area contributed by atoms with E-state index in [-0.39, 0.29) is 24.4 Å². The van der Waals surface area contributed by atoms with E-state index in [1.807, 2.05) is 19.1 Å². The zero-order chi connectivity index (χ0) is 13.1. The second-order valence-corrected chi connectivity index (χ2v) is 5.40. The van der Waals surface area contributed by atoms with E-state index in [0.717, 1.165) is 10.9 Å². The van der Waals surface area contributed by atoms with Gasteiger partial charge < -0.3 is 10.1 Å². The molecule has 1 aromatic carbocycles. The van der Waals surface area contributed by atoms with Crippen molar-refractivity contribution in [3.05, 3.63) is 28.7 Å². The first-order valence-corrected chi connectivity index (χ1v) is 6.57. The van der Waals surface area contributed by atoms with E-state index in [9.17, 15) is 9.59 Å². The Kier molecular flexibility index (Phi) is 4.01. The molecule has 1 saturated carbocycles. The quantitative estimate of drug-likeness (QED) is 0.870. The normalized spacial score (nSPS) is 21.2. The van der Waals surface area contributed by atoms with Gasteiger partial charge in [0.15, 0.2) is 6.61 Å². The standard InChI is InChI=1S/C13H14BrNO3/c1-8-6-11(8)13(17)18-7-12(16)15-10-4-2-9(14)3-5-10/h2-5,8,11H,6-7H2,1H3,(H,15,16). The summed E-state index contributed by atoms with van der Waals surface area (Å²) in [5.41, 5.74) is 0.680. The van der Waals surface area contributed by atoms with Crippen LogP contribution in [0.3, 0.4) is 0 Å². The minimum absolute atomic E-state index is 0.00881. The van der Waals surface area contributed by atoms with Crippen LogP contribution in [0.1, 0.15) is 13.3 Å². The number of nitrogens with one attached hydrogen (secondary N) is 1. The van der Waals surface area contributed by atoms with Crippen molar-refractivity contribution in [2.45, 2.75) is 13.3 Å². The molecule has 1 aromatic rings. The van der Waals surface area contributed by atoms with Crippen molar-refractivity contribution >= 4 is 33.5 Å². The zero-order valence-corrected chi connectivity index (χ0v) is 11.6. The summed E-state index contributed by atoms with van der Waals surface area (Å²) < 4.78 is 5.87. The average molecular weight is 312 g/mol. The van der Waals surface area contributed by atoms with Crippen LogP contribution in [0, 0.1) is 11.8 Å². The number of amides is 1. The molecule has 0 aliphatic heterocycles. The van der Waals surface area contributed by atoms with Crippen LogP contribution in [-0.4, -0.2) is 18.5 Å². The molecule has 2 atom stereocenters. The lowest BCUT2D eigenvalue weighted by molar-refractivity contribution is -0.148. The smallest absolute Gasteiger partial charge is 0.309 e. The third-order valence-corrected chi connectivity index (χ3v) is 3.41. The van der Waals surface area contributed by atoms with Crippen molar-refractivity contribution in [3.63, 3.8) is 0 Å². The molecule has 2 unspecified atom stereocenters. The molecular formula is C13H14BrNO3. The third kappa shape index (κ3) is 3.57. The van der Waals surface area contributed by atoms with E-state index in [4.69, 9.17) is 4.74 Å². The Balaban J connectivity index is 1.75. The van der Waals surface area contributed by atoms with E-state index >= 15 is 0 Å². The van der Waals surface area contributed by atoms with Gasteiger partial charge in [0.05, 0.1) is 5.92 Å². The number of anilines is 1. The highest BCUT2D eigenvalue weighted by Crippen LogP contribution is 2.38.